The average molecular weight is 770 g/mol. The van der Waals surface area contributed by atoms with E-state index < -0.39 is 68.4 Å². The molecule has 2 aliphatic rings. The minimum absolute atomic E-state index is 0.0754. The number of nitriles is 1. The molecule has 290 valence electrons. The van der Waals surface area contributed by atoms with Gasteiger partial charge < -0.3 is 10.0 Å². The monoisotopic (exact) mass is 769 g/mol. The predicted octanol–water partition coefficient (Wildman–Crippen LogP) is 8.50. The van der Waals surface area contributed by atoms with Crippen molar-refractivity contribution in [2.75, 3.05) is 18.0 Å². The van der Waals surface area contributed by atoms with Crippen LogP contribution in [0.1, 0.15) is 94.4 Å². The number of carboxylic acid groups (broad SMARTS) is 1. The van der Waals surface area contributed by atoms with Gasteiger partial charge in [-0.1, -0.05) is 64.0 Å². The molecule has 1 aliphatic carbocycles. The van der Waals surface area contributed by atoms with Crippen LogP contribution in [0, 0.1) is 18.3 Å². The van der Waals surface area contributed by atoms with E-state index in [0.717, 1.165) is 61.9 Å². The number of alkyl halides is 6. The zero-order valence-electron chi connectivity index (χ0n) is 29.7. The molecule has 9 nitrogen and oxygen atoms in total. The Kier molecular flexibility index (Phi) is 13.6. The lowest BCUT2D eigenvalue weighted by Crippen LogP contribution is -2.37. The molecule has 0 spiro atoms. The van der Waals surface area contributed by atoms with Crippen LogP contribution in [0.3, 0.4) is 0 Å². The standard InChI is InChI=1S/C23H19F6N3O4S.C14H26N2/c1-13-10-20(32(30-13)15-8-6-14(7-9-15)22(24,25)26)31-12-16(11-18(31)21(33)34)37(35,36)19-5-3-2-4-17(19)23(27,28)29;1-2-3-4-5-6-7-8-9-12-16-14(13-15)10-11-14/h2-10,16,18H,11-12H2,1H3,(H,33,34);16H,2-12H2,1H3/t16-,18+;/m1./s1. The maximum absolute atomic E-state index is 13.5. The molecule has 2 aromatic carbocycles. The summed E-state index contributed by atoms with van der Waals surface area (Å²) in [7, 11) is -4.63. The van der Waals surface area contributed by atoms with E-state index in [1.54, 1.807) is 6.92 Å². The van der Waals surface area contributed by atoms with Gasteiger partial charge in [0, 0.05) is 12.6 Å². The summed E-state index contributed by atoms with van der Waals surface area (Å²) in [6.07, 6.45) is 2.92. The molecular weight excluding hydrogens is 724 g/mol. The lowest BCUT2D eigenvalue weighted by Gasteiger charge is -2.24. The van der Waals surface area contributed by atoms with E-state index in [1.165, 1.54) is 67.0 Å². The molecule has 0 unspecified atom stereocenters. The molecule has 1 aliphatic heterocycles. The zero-order valence-corrected chi connectivity index (χ0v) is 30.5. The highest BCUT2D eigenvalue weighted by molar-refractivity contribution is 7.92. The normalized spacial score (nSPS) is 18.3. The van der Waals surface area contributed by atoms with Gasteiger partial charge in [0.2, 0.25) is 0 Å². The van der Waals surface area contributed by atoms with Gasteiger partial charge in [-0.15, -0.1) is 0 Å². The van der Waals surface area contributed by atoms with Crippen molar-refractivity contribution >= 4 is 21.6 Å². The third kappa shape index (κ3) is 10.7. The minimum atomic E-state index is -4.95. The van der Waals surface area contributed by atoms with Gasteiger partial charge in [-0.2, -0.15) is 36.7 Å². The molecule has 53 heavy (non-hydrogen) atoms. The predicted molar refractivity (Wildman–Crippen MR) is 187 cm³/mol. The van der Waals surface area contributed by atoms with Crippen LogP contribution in [0.4, 0.5) is 32.2 Å². The first-order chi connectivity index (χ1) is 24.9. The molecule has 1 saturated heterocycles. The van der Waals surface area contributed by atoms with Crippen molar-refractivity contribution < 1.29 is 44.7 Å². The lowest BCUT2D eigenvalue weighted by molar-refractivity contribution is -0.140. The minimum Gasteiger partial charge on any atom is -0.480 e. The molecule has 1 saturated carbocycles. The second-order valence-electron chi connectivity index (χ2n) is 13.6. The number of rotatable bonds is 15. The number of benzene rings is 2. The summed E-state index contributed by atoms with van der Waals surface area (Å²) in [6, 6.07) is 9.88. The van der Waals surface area contributed by atoms with Gasteiger partial charge in [-0.05, 0) is 75.5 Å². The van der Waals surface area contributed by atoms with E-state index in [2.05, 4.69) is 23.4 Å². The molecule has 1 aromatic heterocycles. The van der Waals surface area contributed by atoms with Gasteiger partial charge in [0.25, 0.3) is 0 Å². The number of nitrogens with zero attached hydrogens (tertiary/aromatic N) is 4. The first kappa shape index (κ1) is 41.7. The Morgan fingerprint density at radius 2 is 1.57 bits per heavy atom. The van der Waals surface area contributed by atoms with Crippen LogP contribution in [0.15, 0.2) is 59.5 Å². The van der Waals surface area contributed by atoms with Gasteiger partial charge >= 0.3 is 18.3 Å². The number of anilines is 1. The molecule has 2 heterocycles. The molecule has 5 rings (SSSR count). The van der Waals surface area contributed by atoms with E-state index in [9.17, 15) is 44.7 Å². The van der Waals surface area contributed by atoms with Crippen LogP contribution in [0.25, 0.3) is 5.69 Å². The fourth-order valence-corrected chi connectivity index (χ4v) is 8.26. The Hall–Kier alpha value is -4.10. The molecule has 16 heteroatoms. The number of carbonyl (C=O) groups is 1. The van der Waals surface area contributed by atoms with Crippen molar-refractivity contribution in [2.24, 2.45) is 0 Å². The Balaban J connectivity index is 0.000000328. The fraction of sp³-hybridized carbons (Fsp3) is 0.541. The van der Waals surface area contributed by atoms with Crippen molar-refractivity contribution in [2.45, 2.75) is 119 Å². The second kappa shape index (κ2) is 17.4. The number of halogens is 6. The van der Waals surface area contributed by atoms with E-state index in [0.29, 0.717) is 11.8 Å². The van der Waals surface area contributed by atoms with E-state index >= 15 is 0 Å². The van der Waals surface area contributed by atoms with Gasteiger partial charge in [0.05, 0.1) is 38.7 Å². The van der Waals surface area contributed by atoms with Gasteiger partial charge in [0.15, 0.2) is 9.84 Å². The van der Waals surface area contributed by atoms with Crippen molar-refractivity contribution in [3.8, 4) is 11.8 Å². The zero-order chi connectivity index (χ0) is 39.0. The highest BCUT2D eigenvalue weighted by atomic mass is 32.2. The SMILES string of the molecule is CCCCCCCCCCNC1(C#N)CC1.Cc1cc(N2C[C@H](S(=O)(=O)c3ccccc3C(F)(F)F)C[C@H]2C(=O)O)n(-c2ccc(C(F)(F)F)cc2)n1. The molecule has 2 N–H and O–H groups in total. The summed E-state index contributed by atoms with van der Waals surface area (Å²) in [4.78, 5) is 12.3. The summed E-state index contributed by atoms with van der Waals surface area (Å²) in [5, 5.41) is 24.7. The summed E-state index contributed by atoms with van der Waals surface area (Å²) >= 11 is 0. The van der Waals surface area contributed by atoms with Crippen molar-refractivity contribution in [3.63, 3.8) is 0 Å². The smallest absolute Gasteiger partial charge is 0.417 e. The number of aromatic nitrogens is 2. The Bertz CT molecular complexity index is 1830. The van der Waals surface area contributed by atoms with Crippen molar-refractivity contribution in [1.29, 1.82) is 5.26 Å². The summed E-state index contributed by atoms with van der Waals surface area (Å²) in [6.45, 7) is 4.36. The summed E-state index contributed by atoms with van der Waals surface area (Å²) < 4.78 is 107. The molecule has 2 fully saturated rings. The molecule has 0 radical (unpaired) electrons. The van der Waals surface area contributed by atoms with Crippen molar-refractivity contribution in [1.82, 2.24) is 15.1 Å². The highest BCUT2D eigenvalue weighted by Crippen LogP contribution is 2.39. The number of aryl methyl sites for hydroxylation is 1. The Morgan fingerprint density at radius 3 is 2.11 bits per heavy atom. The topological polar surface area (TPSA) is 128 Å². The number of unbranched alkanes of at least 4 members (excludes halogenated alkanes) is 7. The van der Waals surface area contributed by atoms with Crippen LogP contribution < -0.4 is 10.2 Å². The molecule has 0 bridgehead atoms. The van der Waals surface area contributed by atoms with Crippen LogP contribution in [-0.4, -0.2) is 59.2 Å². The number of hydrogen-bond donors (Lipinski definition) is 2. The number of sulfone groups is 1. The maximum atomic E-state index is 13.5. The van der Waals surface area contributed by atoms with Crippen LogP contribution in [0.2, 0.25) is 0 Å². The highest BCUT2D eigenvalue weighted by Gasteiger charge is 2.47. The lowest BCUT2D eigenvalue weighted by atomic mass is 10.1. The largest absolute Gasteiger partial charge is 0.480 e. The quantitative estimate of drug-likeness (QED) is 0.116. The van der Waals surface area contributed by atoms with Gasteiger partial charge in [0.1, 0.15) is 17.4 Å². The fourth-order valence-electron chi connectivity index (χ4n) is 6.35. The van der Waals surface area contributed by atoms with Crippen LogP contribution >= 0.6 is 0 Å². The molecule has 3 aromatic rings. The number of aliphatic carboxylic acids is 1. The first-order valence-corrected chi connectivity index (χ1v) is 19.3. The van der Waals surface area contributed by atoms with Crippen molar-refractivity contribution in [3.05, 3.63) is 71.4 Å². The van der Waals surface area contributed by atoms with E-state index in [1.807, 2.05) is 0 Å². The van der Waals surface area contributed by atoms with Crippen LogP contribution in [0.5, 0.6) is 0 Å². The third-order valence-corrected chi connectivity index (χ3v) is 11.7. The van der Waals surface area contributed by atoms with E-state index in [-0.39, 0.29) is 17.0 Å². The summed E-state index contributed by atoms with van der Waals surface area (Å²) in [5.74, 6) is -1.34. The van der Waals surface area contributed by atoms with E-state index in [4.69, 9.17) is 5.26 Å². The summed E-state index contributed by atoms with van der Waals surface area (Å²) in [5.41, 5.74) is -1.88. The molecule has 2 atom stereocenters. The number of nitrogens with one attached hydrogen (secondary N) is 1. The maximum Gasteiger partial charge on any atom is 0.417 e. The Labute approximate surface area is 305 Å². The van der Waals surface area contributed by atoms with Gasteiger partial charge in [-0.25, -0.2) is 17.9 Å². The average Bonchev–Trinajstić information content (AvgIpc) is 3.55. The molecule has 0 amide bonds. The number of carboxylic acids is 1. The molecular formula is C37H45F6N5O4S. The van der Waals surface area contributed by atoms with Gasteiger partial charge in [-0.3, -0.25) is 5.32 Å². The second-order valence-corrected chi connectivity index (χ2v) is 15.8. The van der Waals surface area contributed by atoms with Crippen LogP contribution in [-0.2, 0) is 27.0 Å². The Morgan fingerprint density at radius 1 is 0.962 bits per heavy atom. The third-order valence-electron chi connectivity index (χ3n) is 9.49. The number of hydrogen-bond acceptors (Lipinski definition) is 7. The first-order valence-electron chi connectivity index (χ1n) is 17.7.